The summed E-state index contributed by atoms with van der Waals surface area (Å²) in [6, 6.07) is 13.0. The van der Waals surface area contributed by atoms with E-state index in [9.17, 15) is 35.2 Å². The van der Waals surface area contributed by atoms with Crippen molar-refractivity contribution in [1.82, 2.24) is 0 Å². The first-order chi connectivity index (χ1) is 18.8. The molecule has 0 unspecified atom stereocenters. The van der Waals surface area contributed by atoms with E-state index in [2.05, 4.69) is 9.44 Å². The number of hydrogen-bond acceptors (Lipinski definition) is 8. The van der Waals surface area contributed by atoms with Crippen LogP contribution in [0, 0.1) is 0 Å². The lowest BCUT2D eigenvalue weighted by Gasteiger charge is -2.17. The lowest BCUT2D eigenvalue weighted by Crippen LogP contribution is -2.23. The van der Waals surface area contributed by atoms with Crippen LogP contribution >= 0.6 is 11.3 Å². The number of carboxylic acids is 1. The number of carbonyl (C=O) groups is 1. The second-order valence-corrected chi connectivity index (χ2v) is 17.1. The number of carboxylic acid groups (broad SMARTS) is 1. The highest BCUT2D eigenvalue weighted by Gasteiger charge is 2.22. The maximum absolute atomic E-state index is 12.5. The third-order valence-corrected chi connectivity index (χ3v) is 11.4. The molecule has 3 aromatic rings. The summed E-state index contributed by atoms with van der Waals surface area (Å²) in [6.45, 7) is 9.07. The molecule has 226 valence electrons. The molecule has 0 aliphatic carbocycles. The van der Waals surface area contributed by atoms with E-state index < -0.39 is 51.9 Å². The van der Waals surface area contributed by atoms with E-state index in [1.807, 2.05) is 0 Å². The Morgan fingerprint density at radius 3 is 1.61 bits per heavy atom. The van der Waals surface area contributed by atoms with Crippen LogP contribution in [-0.4, -0.2) is 56.6 Å². The first kappa shape index (κ1) is 34.2. The van der Waals surface area contributed by atoms with Gasteiger partial charge in [-0.05, 0) is 76.2 Å². The van der Waals surface area contributed by atoms with Crippen LogP contribution in [0.1, 0.15) is 51.9 Å². The zero-order valence-corrected chi connectivity index (χ0v) is 26.6. The maximum atomic E-state index is 12.5. The fraction of sp³-hybridized carbons (Fsp3) is 0.346. The Morgan fingerprint density at radius 1 is 0.707 bits per heavy atom. The quantitative estimate of drug-likeness (QED) is 0.211. The Hall–Kier alpha value is -2.98. The van der Waals surface area contributed by atoms with E-state index in [0.29, 0.717) is 16.1 Å². The van der Waals surface area contributed by atoms with Crippen molar-refractivity contribution in [1.29, 1.82) is 0 Å². The topological polar surface area (TPSA) is 184 Å². The van der Waals surface area contributed by atoms with Gasteiger partial charge >= 0.3 is 5.97 Å². The first-order valence-corrected chi connectivity index (χ1v) is 17.8. The fourth-order valence-corrected chi connectivity index (χ4v) is 5.42. The molecule has 11 nitrogen and oxygen atoms in total. The molecule has 0 saturated carbocycles. The van der Waals surface area contributed by atoms with Crippen molar-refractivity contribution in [2.24, 2.45) is 0 Å². The number of aromatic carboxylic acids is 1. The predicted octanol–water partition coefficient (Wildman–Crippen LogP) is 5.36. The summed E-state index contributed by atoms with van der Waals surface area (Å²) < 4.78 is 82.5. The number of sulfonamides is 2. The van der Waals surface area contributed by atoms with Gasteiger partial charge < -0.3 is 5.11 Å². The van der Waals surface area contributed by atoms with E-state index in [0.717, 1.165) is 5.56 Å². The summed E-state index contributed by atoms with van der Waals surface area (Å²) in [5.74, 6) is -1.19. The first-order valence-electron chi connectivity index (χ1n) is 12.3. The molecule has 0 aliphatic rings. The van der Waals surface area contributed by atoms with Crippen LogP contribution in [0.2, 0.25) is 0 Å². The third-order valence-electron chi connectivity index (χ3n) is 5.74. The Morgan fingerprint density at radius 2 is 1.17 bits per heavy atom. The Kier molecular flexibility index (Phi) is 11.1. The fourth-order valence-electron chi connectivity index (χ4n) is 3.07. The van der Waals surface area contributed by atoms with Crippen molar-refractivity contribution >= 4 is 58.8 Å². The van der Waals surface area contributed by atoms with Gasteiger partial charge in [-0.3, -0.25) is 14.0 Å². The number of nitrogens with one attached hydrogen (secondary N) is 2. The van der Waals surface area contributed by atoms with Crippen LogP contribution in [-0.2, 0) is 30.2 Å². The smallest absolute Gasteiger partial charge is 0.336 e. The zero-order chi connectivity index (χ0) is 31.3. The normalized spacial score (nSPS) is 12.2. The van der Waals surface area contributed by atoms with Gasteiger partial charge in [-0.2, -0.15) is 8.42 Å². The van der Waals surface area contributed by atoms with Gasteiger partial charge in [-0.25, -0.2) is 21.6 Å². The maximum Gasteiger partial charge on any atom is 0.336 e. The summed E-state index contributed by atoms with van der Waals surface area (Å²) in [6.07, 6.45) is 0. The largest absolute Gasteiger partial charge is 0.478 e. The van der Waals surface area contributed by atoms with Gasteiger partial charge in [0, 0.05) is 5.56 Å². The molecule has 15 heteroatoms. The minimum atomic E-state index is -3.74. The van der Waals surface area contributed by atoms with Crippen LogP contribution in [0.3, 0.4) is 0 Å². The molecular formula is C26H34N2O9S4. The predicted molar refractivity (Wildman–Crippen MR) is 164 cm³/mol. The average molecular weight is 647 g/mol. The lowest BCUT2D eigenvalue weighted by molar-refractivity contribution is 0.0697. The molecule has 0 radical (unpaired) electrons. The summed E-state index contributed by atoms with van der Waals surface area (Å²) in [7, 11) is -11.0. The lowest BCUT2D eigenvalue weighted by atomic mass is 9.96. The summed E-state index contributed by atoms with van der Waals surface area (Å²) in [5.41, 5.74) is 2.07. The van der Waals surface area contributed by atoms with Gasteiger partial charge in [-0.15, -0.1) is 11.3 Å². The van der Waals surface area contributed by atoms with E-state index in [1.165, 1.54) is 57.2 Å². The number of anilines is 2. The van der Waals surface area contributed by atoms with E-state index in [-0.39, 0.29) is 16.8 Å². The molecule has 0 bridgehead atoms. The number of rotatable bonds is 10. The molecule has 3 rings (SSSR count). The molecule has 0 saturated heterocycles. The number of benzene rings is 2. The van der Waals surface area contributed by atoms with Crippen molar-refractivity contribution in [3.8, 4) is 21.6 Å². The van der Waals surface area contributed by atoms with Gasteiger partial charge in [0.05, 0.1) is 37.6 Å². The minimum Gasteiger partial charge on any atom is -0.478 e. The molecule has 41 heavy (non-hydrogen) atoms. The Balaban J connectivity index is 0.000000745. The number of thiophene rings is 1. The number of hydrogen-bond donors (Lipinski definition) is 4. The standard InChI is InChI=1S/C23H26N2O6S3.C3H8O3S/c1-14(2)33(28,29)24-19-7-5-6-18(23(26)27)21(19)16-8-10-17(11-9-16)22-20(12-13-32-22)25-34(30,31)15(3)4;1-3(2)7(4,5)6/h5-15,24-25H,1-4H3,(H,26,27);3H,1-2H3,(H,4,5,6). The van der Waals surface area contributed by atoms with Crippen LogP contribution < -0.4 is 9.44 Å². The average Bonchev–Trinajstić information content (AvgIpc) is 3.30. The van der Waals surface area contributed by atoms with Gasteiger partial charge in [0.2, 0.25) is 20.0 Å². The zero-order valence-electron chi connectivity index (χ0n) is 23.3. The van der Waals surface area contributed by atoms with E-state index >= 15 is 0 Å². The molecular weight excluding hydrogens is 613 g/mol. The van der Waals surface area contributed by atoms with Crippen LogP contribution in [0.4, 0.5) is 11.4 Å². The van der Waals surface area contributed by atoms with E-state index in [4.69, 9.17) is 4.55 Å². The monoisotopic (exact) mass is 646 g/mol. The minimum absolute atomic E-state index is 0.0433. The third kappa shape index (κ3) is 9.00. The van der Waals surface area contributed by atoms with Crippen LogP contribution in [0.15, 0.2) is 53.9 Å². The molecule has 1 aromatic heterocycles. The SMILES string of the molecule is CC(C)S(=O)(=O)Nc1ccsc1-c1ccc(-c2c(NS(=O)(=O)C(C)C)cccc2C(=O)O)cc1.CC(C)S(=O)(=O)O. The summed E-state index contributed by atoms with van der Waals surface area (Å²) in [5, 5.41) is 9.52. The van der Waals surface area contributed by atoms with Crippen LogP contribution in [0.5, 0.6) is 0 Å². The van der Waals surface area contributed by atoms with E-state index in [1.54, 1.807) is 49.6 Å². The molecule has 0 aliphatic heterocycles. The highest BCUT2D eigenvalue weighted by Crippen LogP contribution is 2.38. The van der Waals surface area contributed by atoms with Gasteiger partial charge in [0.25, 0.3) is 10.1 Å². The van der Waals surface area contributed by atoms with Crippen molar-refractivity contribution < 1.29 is 39.7 Å². The summed E-state index contributed by atoms with van der Waals surface area (Å²) in [4.78, 5) is 12.6. The van der Waals surface area contributed by atoms with Gasteiger partial charge in [0.15, 0.2) is 0 Å². The Bertz CT molecular complexity index is 1690. The highest BCUT2D eigenvalue weighted by molar-refractivity contribution is 7.93. The second kappa shape index (κ2) is 13.3. The summed E-state index contributed by atoms with van der Waals surface area (Å²) >= 11 is 1.37. The van der Waals surface area contributed by atoms with Crippen molar-refractivity contribution in [2.45, 2.75) is 57.3 Å². The molecule has 0 atom stereocenters. The molecule has 0 amide bonds. The highest BCUT2D eigenvalue weighted by atomic mass is 32.2. The van der Waals surface area contributed by atoms with Gasteiger partial charge in [-0.1, -0.05) is 30.3 Å². The molecule has 1 heterocycles. The molecule has 0 spiro atoms. The van der Waals surface area contributed by atoms with Crippen molar-refractivity contribution in [3.63, 3.8) is 0 Å². The molecule has 2 aromatic carbocycles. The Labute approximate surface area is 245 Å². The van der Waals surface area contributed by atoms with Crippen LogP contribution in [0.25, 0.3) is 21.6 Å². The second-order valence-electron chi connectivity index (χ2n) is 9.73. The van der Waals surface area contributed by atoms with Crippen molar-refractivity contribution in [3.05, 3.63) is 59.5 Å². The molecule has 0 fully saturated rings. The molecule has 4 N–H and O–H groups in total. The van der Waals surface area contributed by atoms with Crippen molar-refractivity contribution in [2.75, 3.05) is 9.44 Å². The van der Waals surface area contributed by atoms with Gasteiger partial charge in [0.1, 0.15) is 0 Å².